The molecular weight excluding hydrogens is 243 g/mol. The van der Waals surface area contributed by atoms with Gasteiger partial charge in [0.2, 0.25) is 0 Å². The molecule has 17 heavy (non-hydrogen) atoms. The van der Waals surface area contributed by atoms with E-state index in [-0.39, 0.29) is 4.90 Å². The molecule has 1 aromatic heterocycles. The normalized spacial score (nSPS) is 11.6. The summed E-state index contributed by atoms with van der Waals surface area (Å²) in [5.74, 6) is -0.0142. The highest BCUT2D eigenvalue weighted by atomic mass is 32.2. The standard InChI is InChI=1S/C11H11FN2O2S/c1-2-11-13-7-8-14(11)17(15,16)10-5-3-9(12)4-6-10/h3-8H,2H2,1H3. The Bertz CT molecular complexity index is 617. The molecule has 0 saturated carbocycles. The van der Waals surface area contributed by atoms with Crippen LogP contribution in [0.5, 0.6) is 0 Å². The lowest BCUT2D eigenvalue weighted by Crippen LogP contribution is -2.15. The first-order valence-corrected chi connectivity index (χ1v) is 6.53. The molecule has 0 bridgehead atoms. The van der Waals surface area contributed by atoms with Gasteiger partial charge >= 0.3 is 0 Å². The highest BCUT2D eigenvalue weighted by Crippen LogP contribution is 2.15. The second kappa shape index (κ2) is 4.29. The highest BCUT2D eigenvalue weighted by Gasteiger charge is 2.19. The summed E-state index contributed by atoms with van der Waals surface area (Å²) >= 11 is 0. The Morgan fingerprint density at radius 3 is 2.53 bits per heavy atom. The van der Waals surface area contributed by atoms with Crippen molar-refractivity contribution < 1.29 is 12.8 Å². The van der Waals surface area contributed by atoms with E-state index in [9.17, 15) is 12.8 Å². The minimum Gasteiger partial charge on any atom is -0.241 e. The molecule has 0 N–H and O–H groups in total. The zero-order valence-electron chi connectivity index (χ0n) is 9.17. The zero-order chi connectivity index (χ0) is 12.5. The molecule has 0 aliphatic heterocycles. The fourth-order valence-corrected chi connectivity index (χ4v) is 2.88. The van der Waals surface area contributed by atoms with Gasteiger partial charge in [0.05, 0.1) is 4.90 Å². The Hall–Kier alpha value is -1.69. The van der Waals surface area contributed by atoms with Crippen molar-refractivity contribution in [2.24, 2.45) is 0 Å². The number of aromatic nitrogens is 2. The van der Waals surface area contributed by atoms with Gasteiger partial charge in [-0.3, -0.25) is 0 Å². The van der Waals surface area contributed by atoms with Crippen LogP contribution in [0.4, 0.5) is 4.39 Å². The monoisotopic (exact) mass is 254 g/mol. The van der Waals surface area contributed by atoms with Gasteiger partial charge < -0.3 is 0 Å². The molecule has 0 aliphatic carbocycles. The van der Waals surface area contributed by atoms with Gasteiger partial charge in [-0.25, -0.2) is 21.8 Å². The fourth-order valence-electron chi connectivity index (χ4n) is 1.51. The zero-order valence-corrected chi connectivity index (χ0v) is 9.98. The molecule has 2 rings (SSSR count). The molecule has 6 heteroatoms. The van der Waals surface area contributed by atoms with Crippen LogP contribution in [0.15, 0.2) is 41.6 Å². The van der Waals surface area contributed by atoms with Gasteiger partial charge in [0.25, 0.3) is 10.0 Å². The number of rotatable bonds is 3. The van der Waals surface area contributed by atoms with E-state index in [4.69, 9.17) is 0 Å². The molecule has 0 radical (unpaired) electrons. The molecule has 0 saturated heterocycles. The maximum absolute atomic E-state index is 12.7. The largest absolute Gasteiger partial charge is 0.269 e. The number of halogens is 1. The molecule has 4 nitrogen and oxygen atoms in total. The number of hydrogen-bond donors (Lipinski definition) is 0. The Morgan fingerprint density at radius 1 is 1.29 bits per heavy atom. The summed E-state index contributed by atoms with van der Waals surface area (Å²) in [5.41, 5.74) is 0. The number of hydrogen-bond acceptors (Lipinski definition) is 3. The maximum Gasteiger partial charge on any atom is 0.269 e. The number of nitrogens with zero attached hydrogens (tertiary/aromatic N) is 2. The molecule has 0 atom stereocenters. The third kappa shape index (κ3) is 2.08. The Balaban J connectivity index is 2.54. The van der Waals surface area contributed by atoms with E-state index in [1.165, 1.54) is 24.5 Å². The lowest BCUT2D eigenvalue weighted by atomic mass is 10.4. The molecule has 0 fully saturated rings. The van der Waals surface area contributed by atoms with E-state index >= 15 is 0 Å². The molecule has 0 unspecified atom stereocenters. The van der Waals surface area contributed by atoms with Gasteiger partial charge in [-0.15, -0.1) is 0 Å². The van der Waals surface area contributed by atoms with E-state index in [1.54, 1.807) is 0 Å². The van der Waals surface area contributed by atoms with Crippen LogP contribution in [-0.4, -0.2) is 17.4 Å². The van der Waals surface area contributed by atoms with Crippen molar-refractivity contribution in [1.82, 2.24) is 8.96 Å². The van der Waals surface area contributed by atoms with Crippen LogP contribution in [0, 0.1) is 5.82 Å². The van der Waals surface area contributed by atoms with Crippen molar-refractivity contribution in [2.75, 3.05) is 0 Å². The van der Waals surface area contributed by atoms with Gasteiger partial charge in [-0.2, -0.15) is 0 Å². The van der Waals surface area contributed by atoms with Gasteiger partial charge in [-0.05, 0) is 24.3 Å². The van der Waals surface area contributed by atoms with Crippen LogP contribution in [0.3, 0.4) is 0 Å². The van der Waals surface area contributed by atoms with Crippen LogP contribution in [0.25, 0.3) is 0 Å². The predicted molar refractivity (Wildman–Crippen MR) is 60.6 cm³/mol. The smallest absolute Gasteiger partial charge is 0.241 e. The van der Waals surface area contributed by atoms with Crippen molar-refractivity contribution in [2.45, 2.75) is 18.2 Å². The van der Waals surface area contributed by atoms with Crippen LogP contribution >= 0.6 is 0 Å². The lowest BCUT2D eigenvalue weighted by molar-refractivity contribution is 0.583. The first kappa shape index (κ1) is 11.8. The van der Waals surface area contributed by atoms with Crippen LogP contribution in [0.1, 0.15) is 12.7 Å². The average molecular weight is 254 g/mol. The third-order valence-electron chi connectivity index (χ3n) is 2.37. The second-order valence-corrected chi connectivity index (χ2v) is 5.27. The van der Waals surface area contributed by atoms with Crippen LogP contribution in [0.2, 0.25) is 0 Å². The summed E-state index contributed by atoms with van der Waals surface area (Å²) in [6.45, 7) is 1.82. The van der Waals surface area contributed by atoms with Gasteiger partial charge in [-0.1, -0.05) is 6.92 Å². The summed E-state index contributed by atoms with van der Waals surface area (Å²) in [7, 11) is -3.67. The molecule has 0 spiro atoms. The third-order valence-corrected chi connectivity index (χ3v) is 4.08. The summed E-state index contributed by atoms with van der Waals surface area (Å²) in [6, 6.07) is 4.72. The summed E-state index contributed by atoms with van der Waals surface area (Å²) in [4.78, 5) is 4.00. The number of benzene rings is 1. The molecule has 0 amide bonds. The number of imidazole rings is 1. The Kier molecular flexibility index (Phi) is 2.97. The first-order valence-electron chi connectivity index (χ1n) is 5.09. The Labute approximate surface area is 98.8 Å². The van der Waals surface area contributed by atoms with Crippen molar-refractivity contribution in [1.29, 1.82) is 0 Å². The average Bonchev–Trinajstić information content (AvgIpc) is 2.78. The topological polar surface area (TPSA) is 52.0 Å². The quantitative estimate of drug-likeness (QED) is 0.839. The Morgan fingerprint density at radius 2 is 1.94 bits per heavy atom. The molecule has 0 aliphatic rings. The molecule has 1 aromatic carbocycles. The molecule has 2 aromatic rings. The predicted octanol–water partition coefficient (Wildman–Crippen LogP) is 1.82. The van der Waals surface area contributed by atoms with Crippen molar-refractivity contribution in [3.8, 4) is 0 Å². The van der Waals surface area contributed by atoms with E-state index in [0.29, 0.717) is 12.2 Å². The minimum atomic E-state index is -3.67. The molecule has 90 valence electrons. The fraction of sp³-hybridized carbons (Fsp3) is 0.182. The van der Waals surface area contributed by atoms with E-state index < -0.39 is 15.8 Å². The number of aryl methyl sites for hydroxylation is 1. The van der Waals surface area contributed by atoms with Crippen molar-refractivity contribution in [3.63, 3.8) is 0 Å². The second-order valence-electron chi connectivity index (χ2n) is 3.45. The van der Waals surface area contributed by atoms with E-state index in [2.05, 4.69) is 4.98 Å². The SMILES string of the molecule is CCc1nccn1S(=O)(=O)c1ccc(F)cc1. The van der Waals surface area contributed by atoms with Crippen molar-refractivity contribution >= 4 is 10.0 Å². The lowest BCUT2D eigenvalue weighted by Gasteiger charge is -2.07. The summed E-state index contributed by atoms with van der Waals surface area (Å²) < 4.78 is 38.2. The summed E-state index contributed by atoms with van der Waals surface area (Å²) in [6.07, 6.45) is 3.32. The minimum absolute atomic E-state index is 0.0478. The van der Waals surface area contributed by atoms with E-state index in [0.717, 1.165) is 16.1 Å². The van der Waals surface area contributed by atoms with Crippen LogP contribution in [-0.2, 0) is 16.4 Å². The molecule has 1 heterocycles. The highest BCUT2D eigenvalue weighted by molar-refractivity contribution is 7.90. The summed E-state index contributed by atoms with van der Waals surface area (Å²) in [5, 5.41) is 0. The van der Waals surface area contributed by atoms with Gasteiger partial charge in [0.15, 0.2) is 0 Å². The maximum atomic E-state index is 12.7. The molecular formula is C11H11FN2O2S. The van der Waals surface area contributed by atoms with Gasteiger partial charge in [0.1, 0.15) is 11.6 Å². The van der Waals surface area contributed by atoms with Crippen LogP contribution < -0.4 is 0 Å². The van der Waals surface area contributed by atoms with Crippen molar-refractivity contribution in [3.05, 3.63) is 48.3 Å². The van der Waals surface area contributed by atoms with E-state index in [1.807, 2.05) is 6.92 Å². The first-order chi connectivity index (χ1) is 8.05. The van der Waals surface area contributed by atoms with Gasteiger partial charge in [0, 0.05) is 18.8 Å².